The van der Waals surface area contributed by atoms with Crippen LogP contribution in [-0.2, 0) is 42.9 Å². The molecule has 344 valence electrons. The lowest BCUT2D eigenvalue weighted by atomic mass is 9.43. The van der Waals surface area contributed by atoms with E-state index < -0.39 is 106 Å². The molecule has 4 fully saturated rings. The third kappa shape index (κ3) is 7.67. The number of fused-ring (bicyclic) bond motifs is 5. The number of esters is 4. The van der Waals surface area contributed by atoms with Crippen molar-refractivity contribution in [3.63, 3.8) is 0 Å². The van der Waals surface area contributed by atoms with E-state index in [1.165, 1.54) is 6.92 Å². The second-order valence-corrected chi connectivity index (χ2v) is 19.5. The van der Waals surface area contributed by atoms with Crippen LogP contribution >= 0.6 is 0 Å². The topological polar surface area (TPSA) is 181 Å². The van der Waals surface area contributed by atoms with Crippen molar-refractivity contribution in [1.29, 1.82) is 0 Å². The molecule has 3 saturated carbocycles. The van der Waals surface area contributed by atoms with Gasteiger partial charge in [0.2, 0.25) is 0 Å². The van der Waals surface area contributed by atoms with E-state index >= 15 is 4.79 Å². The lowest BCUT2D eigenvalue weighted by Gasteiger charge is -2.68. The highest BCUT2D eigenvalue weighted by Gasteiger charge is 2.78. The fourth-order valence-corrected chi connectivity index (χ4v) is 11.3. The van der Waals surface area contributed by atoms with Crippen molar-refractivity contribution < 1.29 is 57.6 Å². The zero-order valence-electron chi connectivity index (χ0n) is 38.0. The van der Waals surface area contributed by atoms with Gasteiger partial charge in [0.25, 0.3) is 5.91 Å². The Hall–Kier alpha value is -5.66. The van der Waals surface area contributed by atoms with Crippen molar-refractivity contribution >= 4 is 35.6 Å². The fourth-order valence-electron chi connectivity index (χ4n) is 11.3. The molecule has 1 aliphatic heterocycles. The summed E-state index contributed by atoms with van der Waals surface area (Å²) in [5.74, 6) is -6.83. The standard InChI is InChI=1S/C52H59NO12/c1-29-26-38-51(28-61-38,65-48(59)36-24-17-25-36)42-44(64-47(58)35-22-15-10-16-23-35)52(60)27-37(30(2)39(49(52,5)6)41(62-32(4)54)43(55)50(29,42)7)63-46(57)31(3)40(33-18-11-8-12-19-33)53-45(56)34-20-13-9-14-21-34/h8-16,18-23,29,31,36-38,40-42,44,60H,17,24-28H2,1-7H3,(H,53,56). The molecule has 5 aliphatic rings. The molecule has 0 aromatic heterocycles. The molecular weight excluding hydrogens is 831 g/mol. The number of carbonyl (C=O) groups excluding carboxylic acids is 6. The molecule has 11 unspecified atom stereocenters. The van der Waals surface area contributed by atoms with Crippen LogP contribution in [0.2, 0.25) is 0 Å². The highest BCUT2D eigenvalue weighted by atomic mass is 16.6. The molecule has 0 spiro atoms. The molecule has 3 aromatic carbocycles. The summed E-state index contributed by atoms with van der Waals surface area (Å²) in [6, 6.07) is 25.0. The van der Waals surface area contributed by atoms with Crippen LogP contribution in [0.15, 0.2) is 102 Å². The molecule has 1 amide bonds. The summed E-state index contributed by atoms with van der Waals surface area (Å²) in [7, 11) is 0. The maximum absolute atomic E-state index is 15.9. The number of Topliss-reactive ketones (excluding diaryl/α,β-unsaturated/α-hetero) is 1. The van der Waals surface area contributed by atoms with Gasteiger partial charge >= 0.3 is 23.9 Å². The first kappa shape index (κ1) is 45.9. The Kier molecular flexibility index (Phi) is 12.2. The normalized spacial score (nSPS) is 32.3. The summed E-state index contributed by atoms with van der Waals surface area (Å²) in [6.45, 7) is 11.4. The second kappa shape index (κ2) is 17.3. The quantitative estimate of drug-likeness (QED) is 0.114. The number of rotatable bonds is 11. The van der Waals surface area contributed by atoms with Crippen LogP contribution in [0.4, 0.5) is 0 Å². The maximum Gasteiger partial charge on any atom is 0.338 e. The van der Waals surface area contributed by atoms with Gasteiger partial charge in [0.1, 0.15) is 23.9 Å². The molecule has 11 atom stereocenters. The SMILES string of the molecule is CC(=O)OC1C(=O)C2(C)C(C)CC3OCC3(OC(=O)C3CCC3)C2C(OC(=O)c2ccccc2)C2(O)CC(OC(=O)C(C)C(NC(=O)c3ccccc3)c3ccccc3)C(C)=C1C2(C)C. The molecule has 4 aliphatic carbocycles. The molecule has 13 heteroatoms. The first-order valence-corrected chi connectivity index (χ1v) is 22.7. The molecule has 2 N–H and O–H groups in total. The van der Waals surface area contributed by atoms with Crippen LogP contribution in [0.3, 0.4) is 0 Å². The predicted molar refractivity (Wildman–Crippen MR) is 236 cm³/mol. The summed E-state index contributed by atoms with van der Waals surface area (Å²) in [4.78, 5) is 86.0. The van der Waals surface area contributed by atoms with Gasteiger partial charge in [-0.2, -0.15) is 0 Å². The van der Waals surface area contributed by atoms with Crippen molar-refractivity contribution in [1.82, 2.24) is 5.32 Å². The number of carbonyl (C=O) groups is 6. The largest absolute Gasteiger partial charge is 0.457 e. The van der Waals surface area contributed by atoms with Gasteiger partial charge in [-0.3, -0.25) is 24.0 Å². The van der Waals surface area contributed by atoms with E-state index in [1.807, 2.05) is 13.0 Å². The van der Waals surface area contributed by atoms with E-state index in [2.05, 4.69) is 5.32 Å². The number of hydrogen-bond donors (Lipinski definition) is 2. The Morgan fingerprint density at radius 3 is 2.00 bits per heavy atom. The highest BCUT2D eigenvalue weighted by molar-refractivity contribution is 5.96. The van der Waals surface area contributed by atoms with E-state index in [1.54, 1.807) is 120 Å². The van der Waals surface area contributed by atoms with E-state index in [0.717, 1.165) is 6.42 Å². The van der Waals surface area contributed by atoms with E-state index in [-0.39, 0.29) is 36.5 Å². The van der Waals surface area contributed by atoms with Crippen LogP contribution in [0, 0.1) is 34.5 Å². The molecule has 0 radical (unpaired) electrons. The van der Waals surface area contributed by atoms with Gasteiger partial charge in [-0.15, -0.1) is 0 Å². The van der Waals surface area contributed by atoms with Crippen molar-refractivity contribution in [3.05, 3.63) is 119 Å². The number of ketones is 1. The molecule has 1 heterocycles. The van der Waals surface area contributed by atoms with Crippen LogP contribution in [0.1, 0.15) is 113 Å². The smallest absolute Gasteiger partial charge is 0.338 e. The summed E-state index contributed by atoms with van der Waals surface area (Å²) >= 11 is 0. The summed E-state index contributed by atoms with van der Waals surface area (Å²) in [5, 5.41) is 17.0. The predicted octanol–water partition coefficient (Wildman–Crippen LogP) is 7.07. The molecule has 65 heavy (non-hydrogen) atoms. The minimum Gasteiger partial charge on any atom is -0.457 e. The van der Waals surface area contributed by atoms with Gasteiger partial charge in [-0.25, -0.2) is 4.79 Å². The van der Waals surface area contributed by atoms with Gasteiger partial charge in [0, 0.05) is 29.7 Å². The zero-order chi connectivity index (χ0) is 46.6. The Labute approximate surface area is 379 Å². The van der Waals surface area contributed by atoms with Crippen molar-refractivity contribution in [3.8, 4) is 0 Å². The zero-order valence-corrected chi connectivity index (χ0v) is 38.0. The minimum atomic E-state index is -2.20. The van der Waals surface area contributed by atoms with E-state index in [0.29, 0.717) is 29.5 Å². The van der Waals surface area contributed by atoms with E-state index in [4.69, 9.17) is 23.7 Å². The molecule has 8 rings (SSSR count). The number of ether oxygens (including phenoxy) is 5. The first-order chi connectivity index (χ1) is 30.8. The second-order valence-electron chi connectivity index (χ2n) is 19.5. The summed E-state index contributed by atoms with van der Waals surface area (Å²) in [6.07, 6.45) is -3.10. The summed E-state index contributed by atoms with van der Waals surface area (Å²) in [5.41, 5.74) is -5.04. The Morgan fingerprint density at radius 2 is 1.45 bits per heavy atom. The molecule has 13 nitrogen and oxygen atoms in total. The van der Waals surface area contributed by atoms with Crippen LogP contribution in [-0.4, -0.2) is 82.9 Å². The maximum atomic E-state index is 15.9. The van der Waals surface area contributed by atoms with Crippen LogP contribution in [0.5, 0.6) is 0 Å². The van der Waals surface area contributed by atoms with E-state index in [9.17, 15) is 29.1 Å². The third-order valence-corrected chi connectivity index (χ3v) is 15.7. The average Bonchev–Trinajstić information content (AvgIpc) is 3.26. The van der Waals surface area contributed by atoms with Crippen LogP contribution < -0.4 is 5.32 Å². The van der Waals surface area contributed by atoms with Gasteiger partial charge in [-0.05, 0) is 80.0 Å². The van der Waals surface area contributed by atoms with Gasteiger partial charge in [0.15, 0.2) is 17.5 Å². The highest BCUT2D eigenvalue weighted by Crippen LogP contribution is 2.66. The molecule has 1 saturated heterocycles. The Balaban J connectivity index is 1.27. The minimum absolute atomic E-state index is 0.141. The number of nitrogens with one attached hydrogen (secondary N) is 1. The third-order valence-electron chi connectivity index (χ3n) is 15.7. The molecule has 3 aromatic rings. The van der Waals surface area contributed by atoms with Crippen molar-refractivity contribution in [2.75, 3.05) is 6.61 Å². The van der Waals surface area contributed by atoms with Crippen molar-refractivity contribution in [2.45, 2.75) is 122 Å². The number of amides is 1. The van der Waals surface area contributed by atoms with Gasteiger partial charge < -0.3 is 34.1 Å². The lowest BCUT2D eigenvalue weighted by molar-refractivity contribution is -0.342. The summed E-state index contributed by atoms with van der Waals surface area (Å²) < 4.78 is 32.0. The molecule has 2 bridgehead atoms. The number of benzene rings is 3. The first-order valence-electron chi connectivity index (χ1n) is 22.7. The van der Waals surface area contributed by atoms with Gasteiger partial charge in [0.05, 0.1) is 36.0 Å². The lowest BCUT2D eigenvalue weighted by Crippen LogP contribution is -2.81. The average molecular weight is 890 g/mol. The fraction of sp³-hybridized carbons (Fsp3) is 0.500. The van der Waals surface area contributed by atoms with Crippen LogP contribution in [0.25, 0.3) is 0 Å². The number of aliphatic hydroxyl groups is 1. The van der Waals surface area contributed by atoms with Crippen molar-refractivity contribution in [2.24, 2.45) is 34.5 Å². The number of hydrogen-bond acceptors (Lipinski definition) is 12. The monoisotopic (exact) mass is 889 g/mol. The molecular formula is C52H59NO12. The Morgan fingerprint density at radius 1 is 0.846 bits per heavy atom. The van der Waals surface area contributed by atoms with Gasteiger partial charge in [-0.1, -0.05) is 101 Å². The Bertz CT molecular complexity index is 2380.